The molecule has 1 aliphatic rings. The Kier molecular flexibility index (Phi) is 8.50. The van der Waals surface area contributed by atoms with Crippen LogP contribution in [0.2, 0.25) is 0 Å². The molecule has 0 spiro atoms. The van der Waals surface area contributed by atoms with Crippen molar-refractivity contribution in [3.05, 3.63) is 25.2 Å². The van der Waals surface area contributed by atoms with E-state index in [1.165, 1.54) is 0 Å². The molecule has 0 aromatic rings. The molecule has 1 aliphatic heterocycles. The third-order valence-corrected chi connectivity index (χ3v) is 1.47. The summed E-state index contributed by atoms with van der Waals surface area (Å²) < 4.78 is 4.88. The SMILES string of the molecule is [CH2-]C.[CH2-]C1=C(C)C(O)[C@H](N)O1.[U+2]. The van der Waals surface area contributed by atoms with Crippen LogP contribution in [0.4, 0.5) is 0 Å². The van der Waals surface area contributed by atoms with Gasteiger partial charge in [-0.1, -0.05) is 0 Å². The number of rotatable bonds is 0. The molecule has 0 saturated carbocycles. The van der Waals surface area contributed by atoms with Crippen LogP contribution in [0.1, 0.15) is 13.8 Å². The van der Waals surface area contributed by atoms with Crippen LogP contribution in [0, 0.1) is 45.0 Å². The van der Waals surface area contributed by atoms with Gasteiger partial charge in [0.2, 0.25) is 0 Å². The van der Waals surface area contributed by atoms with Crippen molar-refractivity contribution in [1.29, 1.82) is 0 Å². The van der Waals surface area contributed by atoms with Crippen LogP contribution in [-0.4, -0.2) is 17.4 Å². The number of aliphatic hydroxyl groups is 1. The molecular weight excluding hydrogens is 380 g/mol. The molecular formula is C8H15NO2U. The van der Waals surface area contributed by atoms with Crippen LogP contribution < -0.4 is 5.73 Å². The largest absolute Gasteiger partial charge is 2.00 e. The van der Waals surface area contributed by atoms with Gasteiger partial charge >= 0.3 is 31.1 Å². The molecule has 3 nitrogen and oxygen atoms in total. The molecule has 0 saturated heterocycles. The van der Waals surface area contributed by atoms with Gasteiger partial charge in [-0.05, 0) is 5.76 Å². The normalized spacial score (nSPS) is 26.8. The summed E-state index contributed by atoms with van der Waals surface area (Å²) in [6.45, 7) is 10.3. The second-order valence-corrected chi connectivity index (χ2v) is 2.13. The van der Waals surface area contributed by atoms with Crippen LogP contribution in [0.5, 0.6) is 0 Å². The minimum atomic E-state index is -0.669. The molecule has 0 fully saturated rings. The first-order valence-corrected chi connectivity index (χ1v) is 3.46. The van der Waals surface area contributed by atoms with Gasteiger partial charge in [0.25, 0.3) is 0 Å². The van der Waals surface area contributed by atoms with Crippen molar-refractivity contribution in [3.8, 4) is 0 Å². The predicted octanol–water partition coefficient (Wildman–Crippen LogP) is 0.611. The second-order valence-electron chi connectivity index (χ2n) is 2.13. The first kappa shape index (κ1) is 14.9. The Morgan fingerprint density at radius 2 is 1.92 bits per heavy atom. The Morgan fingerprint density at radius 3 is 2.00 bits per heavy atom. The van der Waals surface area contributed by atoms with Crippen LogP contribution in [0.25, 0.3) is 0 Å². The fourth-order valence-corrected chi connectivity index (χ4v) is 0.733. The Bertz CT molecular complexity index is 159. The molecule has 0 aromatic carbocycles. The summed E-state index contributed by atoms with van der Waals surface area (Å²) in [6.07, 6.45) is -1.28. The second kappa shape index (κ2) is 6.85. The maximum absolute atomic E-state index is 9.09. The summed E-state index contributed by atoms with van der Waals surface area (Å²) in [5, 5.41) is 9.09. The monoisotopic (exact) mass is 395 g/mol. The van der Waals surface area contributed by atoms with Gasteiger partial charge in [0, 0.05) is 0 Å². The quantitative estimate of drug-likeness (QED) is 0.592. The molecule has 1 rings (SSSR count). The van der Waals surface area contributed by atoms with Crippen molar-refractivity contribution in [2.24, 2.45) is 5.73 Å². The Labute approximate surface area is 97.7 Å². The van der Waals surface area contributed by atoms with Crippen LogP contribution in [-0.2, 0) is 4.74 Å². The zero-order chi connectivity index (χ0) is 9.02. The number of allylic oxidation sites excluding steroid dienone is 1. The molecule has 0 amide bonds. The van der Waals surface area contributed by atoms with Gasteiger partial charge in [0.15, 0.2) is 6.23 Å². The average Bonchev–Trinajstić information content (AvgIpc) is 2.22. The van der Waals surface area contributed by atoms with Crippen LogP contribution in [0.15, 0.2) is 11.3 Å². The summed E-state index contributed by atoms with van der Waals surface area (Å²) >= 11 is 0. The van der Waals surface area contributed by atoms with E-state index in [-0.39, 0.29) is 31.1 Å². The molecule has 1 unspecified atom stereocenters. The number of ether oxygens (including phenoxy) is 1. The first-order chi connectivity index (χ1) is 5.13. The molecule has 0 aromatic heterocycles. The molecule has 68 valence electrons. The van der Waals surface area contributed by atoms with E-state index in [0.717, 1.165) is 5.57 Å². The van der Waals surface area contributed by atoms with Crippen molar-refractivity contribution < 1.29 is 41.0 Å². The molecule has 0 bridgehead atoms. The van der Waals surface area contributed by atoms with Gasteiger partial charge < -0.3 is 16.8 Å². The Balaban J connectivity index is 0. The topological polar surface area (TPSA) is 55.5 Å². The van der Waals surface area contributed by atoms with Crippen molar-refractivity contribution in [1.82, 2.24) is 0 Å². The third kappa shape index (κ3) is 3.41. The predicted molar refractivity (Wildman–Crippen MR) is 44.2 cm³/mol. The van der Waals surface area contributed by atoms with Crippen LogP contribution >= 0.6 is 0 Å². The third-order valence-electron chi connectivity index (χ3n) is 1.47. The zero-order valence-electron chi connectivity index (χ0n) is 7.50. The molecule has 1 heterocycles. The van der Waals surface area contributed by atoms with E-state index < -0.39 is 12.3 Å². The van der Waals surface area contributed by atoms with E-state index in [4.69, 9.17) is 15.6 Å². The van der Waals surface area contributed by atoms with E-state index in [2.05, 4.69) is 13.8 Å². The summed E-state index contributed by atoms with van der Waals surface area (Å²) in [7, 11) is 0. The van der Waals surface area contributed by atoms with Gasteiger partial charge in [-0.15, -0.1) is 12.5 Å². The molecule has 0 radical (unpaired) electrons. The fourth-order valence-electron chi connectivity index (χ4n) is 0.733. The molecule has 0 aliphatic carbocycles. The number of hydrogen-bond donors (Lipinski definition) is 2. The average molecular weight is 395 g/mol. The maximum atomic E-state index is 9.09. The van der Waals surface area contributed by atoms with Gasteiger partial charge in [-0.3, -0.25) is 5.73 Å². The van der Waals surface area contributed by atoms with E-state index in [9.17, 15) is 0 Å². The van der Waals surface area contributed by atoms with Crippen molar-refractivity contribution in [3.63, 3.8) is 0 Å². The smallest absolute Gasteiger partial charge is 0.512 e. The van der Waals surface area contributed by atoms with Crippen LogP contribution in [0.3, 0.4) is 0 Å². The van der Waals surface area contributed by atoms with Gasteiger partial charge in [0.05, 0.1) is 6.10 Å². The summed E-state index contributed by atoms with van der Waals surface area (Å²) in [5.41, 5.74) is 6.03. The zero-order valence-corrected chi connectivity index (χ0v) is 11.7. The van der Waals surface area contributed by atoms with E-state index >= 15 is 0 Å². The fraction of sp³-hybridized carbons (Fsp3) is 0.500. The minimum Gasteiger partial charge on any atom is -0.512 e. The van der Waals surface area contributed by atoms with Gasteiger partial charge in [-0.25, -0.2) is 6.92 Å². The van der Waals surface area contributed by atoms with E-state index in [0.29, 0.717) is 5.76 Å². The van der Waals surface area contributed by atoms with Gasteiger partial charge in [0.1, 0.15) is 0 Å². The van der Waals surface area contributed by atoms with Gasteiger partial charge in [-0.2, -0.15) is 6.92 Å². The first-order valence-electron chi connectivity index (χ1n) is 3.46. The van der Waals surface area contributed by atoms with Crippen molar-refractivity contribution in [2.45, 2.75) is 26.2 Å². The summed E-state index contributed by atoms with van der Waals surface area (Å²) in [4.78, 5) is 0. The van der Waals surface area contributed by atoms with E-state index in [1.54, 1.807) is 13.8 Å². The molecule has 2 atom stereocenters. The summed E-state index contributed by atoms with van der Waals surface area (Å²) in [6, 6.07) is 0. The number of aliphatic hydroxyl groups excluding tert-OH is 1. The van der Waals surface area contributed by atoms with Crippen molar-refractivity contribution >= 4 is 0 Å². The summed E-state index contributed by atoms with van der Waals surface area (Å²) in [5.74, 6) is 0.495. The number of nitrogens with two attached hydrogens (primary N) is 1. The standard InChI is InChI=1S/C6H10NO2.C2H5.U/c1-3-4(2)9-6(7)5(3)8;1-2;/h5-6,8H,2,7H2,1H3;1H2,2H3;/q2*-1;+2/t5?,6-;;/m1../s1. The molecule has 3 N–H and O–H groups in total. The van der Waals surface area contributed by atoms with Crippen molar-refractivity contribution in [2.75, 3.05) is 0 Å². The molecule has 12 heavy (non-hydrogen) atoms. The van der Waals surface area contributed by atoms with E-state index in [1.807, 2.05) is 0 Å². The Hall–Kier alpha value is 0.382. The number of hydrogen-bond acceptors (Lipinski definition) is 3. The Morgan fingerprint density at radius 1 is 1.50 bits per heavy atom. The maximum Gasteiger partial charge on any atom is 2.00 e. The molecule has 4 heteroatoms. The minimum absolute atomic E-state index is 0.